The fraction of sp³-hybridized carbons (Fsp3) is 0.231. The average Bonchev–Trinajstić information content (AvgIpc) is 3.10. The summed E-state index contributed by atoms with van der Waals surface area (Å²) in [7, 11) is -7.09. The zero-order valence-corrected chi connectivity index (χ0v) is 15.0. The van der Waals surface area contributed by atoms with E-state index in [0.29, 0.717) is 18.7 Å². The molecular weight excluding hydrogens is 380 g/mol. The van der Waals surface area contributed by atoms with Gasteiger partial charge in [-0.15, -0.1) is 11.3 Å². The topological polar surface area (TPSA) is 83.6 Å². The second-order valence-electron chi connectivity index (χ2n) is 4.94. The van der Waals surface area contributed by atoms with Crippen LogP contribution in [0, 0.1) is 0 Å². The molecule has 1 aliphatic rings. The van der Waals surface area contributed by atoms with E-state index in [0.717, 1.165) is 11.3 Å². The van der Waals surface area contributed by atoms with Crippen molar-refractivity contribution in [2.45, 2.75) is 10.6 Å². The molecule has 2 heterocycles. The van der Waals surface area contributed by atoms with E-state index in [-0.39, 0.29) is 20.7 Å². The maximum absolute atomic E-state index is 12.3. The highest BCUT2D eigenvalue weighted by molar-refractivity contribution is 7.94. The van der Waals surface area contributed by atoms with Gasteiger partial charge in [0, 0.05) is 6.54 Å². The van der Waals surface area contributed by atoms with Crippen molar-refractivity contribution in [3.8, 4) is 0 Å². The summed E-state index contributed by atoms with van der Waals surface area (Å²) < 4.78 is 52.4. The van der Waals surface area contributed by atoms with E-state index in [4.69, 9.17) is 11.6 Å². The van der Waals surface area contributed by atoms with Gasteiger partial charge in [0.25, 0.3) is 10.0 Å². The molecule has 124 valence electrons. The summed E-state index contributed by atoms with van der Waals surface area (Å²) in [5.74, 6) is 0.0892. The van der Waals surface area contributed by atoms with Gasteiger partial charge < -0.3 is 0 Å². The second-order valence-corrected chi connectivity index (χ2v) is 10.2. The smallest absolute Gasteiger partial charge is 0.271 e. The molecule has 0 saturated carbocycles. The Morgan fingerprint density at radius 2 is 2.04 bits per heavy atom. The summed E-state index contributed by atoms with van der Waals surface area (Å²) in [5, 5.41) is 1.86. The van der Waals surface area contributed by atoms with E-state index in [1.807, 2.05) is 0 Å². The van der Waals surface area contributed by atoms with Crippen LogP contribution in [0.25, 0.3) is 0 Å². The molecule has 0 spiro atoms. The number of anilines is 2. The molecular formula is C13H13ClN2O4S3. The van der Waals surface area contributed by atoms with Crippen molar-refractivity contribution >= 4 is 54.4 Å². The van der Waals surface area contributed by atoms with E-state index in [9.17, 15) is 16.8 Å². The Labute approximate surface area is 143 Å². The fourth-order valence-electron chi connectivity index (χ4n) is 2.29. The van der Waals surface area contributed by atoms with Crippen LogP contribution < -0.4 is 9.03 Å². The van der Waals surface area contributed by atoms with Gasteiger partial charge in [0.05, 0.1) is 22.2 Å². The van der Waals surface area contributed by atoms with Crippen LogP contribution in [0.15, 0.2) is 39.9 Å². The van der Waals surface area contributed by atoms with Crippen molar-refractivity contribution in [3.05, 3.63) is 40.7 Å². The van der Waals surface area contributed by atoms with E-state index in [2.05, 4.69) is 4.72 Å². The molecule has 2 aromatic rings. The van der Waals surface area contributed by atoms with E-state index < -0.39 is 20.0 Å². The summed E-state index contributed by atoms with van der Waals surface area (Å²) in [6, 6.07) is 7.60. The Morgan fingerprint density at radius 1 is 1.26 bits per heavy atom. The van der Waals surface area contributed by atoms with Gasteiger partial charge in [-0.2, -0.15) is 0 Å². The lowest BCUT2D eigenvalue weighted by Gasteiger charge is -2.18. The molecule has 0 radical (unpaired) electrons. The predicted octanol–water partition coefficient (Wildman–Crippen LogP) is 2.74. The van der Waals surface area contributed by atoms with Crippen molar-refractivity contribution in [2.75, 3.05) is 21.3 Å². The van der Waals surface area contributed by atoms with Crippen molar-refractivity contribution < 1.29 is 16.8 Å². The van der Waals surface area contributed by atoms with Crippen LogP contribution in [0.2, 0.25) is 5.02 Å². The first-order valence-corrected chi connectivity index (χ1v) is 11.0. The van der Waals surface area contributed by atoms with Crippen LogP contribution in [0.4, 0.5) is 11.4 Å². The molecule has 0 unspecified atom stereocenters. The highest BCUT2D eigenvalue weighted by Crippen LogP contribution is 2.32. The van der Waals surface area contributed by atoms with Crippen LogP contribution >= 0.6 is 22.9 Å². The van der Waals surface area contributed by atoms with Crippen LogP contribution in [0.3, 0.4) is 0 Å². The fourth-order valence-corrected chi connectivity index (χ4v) is 6.13. The van der Waals surface area contributed by atoms with Gasteiger partial charge in [-0.25, -0.2) is 16.8 Å². The van der Waals surface area contributed by atoms with Gasteiger partial charge in [0.1, 0.15) is 4.21 Å². The molecule has 0 aliphatic carbocycles. The third kappa shape index (κ3) is 3.32. The minimum atomic E-state index is -3.75. The lowest BCUT2D eigenvalue weighted by molar-refractivity contribution is 0.599. The standard InChI is InChI=1S/C13H13ClN2O4S3/c14-11-5-4-10(16-6-2-8-22(16,17)18)9-12(11)15-23(19,20)13-3-1-7-21-13/h1,3-5,7,9,15H,2,6,8H2. The highest BCUT2D eigenvalue weighted by Gasteiger charge is 2.29. The van der Waals surface area contributed by atoms with Crippen molar-refractivity contribution in [2.24, 2.45) is 0 Å². The van der Waals surface area contributed by atoms with Gasteiger partial charge >= 0.3 is 0 Å². The predicted molar refractivity (Wildman–Crippen MR) is 92.3 cm³/mol. The monoisotopic (exact) mass is 392 g/mol. The molecule has 1 saturated heterocycles. The number of thiophene rings is 1. The Balaban J connectivity index is 1.96. The number of nitrogens with zero attached hydrogens (tertiary/aromatic N) is 1. The summed E-state index contributed by atoms with van der Waals surface area (Å²) in [5.41, 5.74) is 0.551. The Kier molecular flexibility index (Phi) is 4.30. The molecule has 10 heteroatoms. The van der Waals surface area contributed by atoms with Gasteiger partial charge in [-0.05, 0) is 36.1 Å². The summed E-state index contributed by atoms with van der Waals surface area (Å²) in [6.07, 6.45) is 0.543. The molecule has 0 bridgehead atoms. The third-order valence-electron chi connectivity index (χ3n) is 3.34. The minimum Gasteiger partial charge on any atom is -0.277 e. The van der Waals surface area contributed by atoms with Crippen molar-refractivity contribution in [1.29, 1.82) is 0 Å². The molecule has 0 atom stereocenters. The minimum absolute atomic E-state index is 0.0892. The first-order valence-electron chi connectivity index (χ1n) is 6.66. The van der Waals surface area contributed by atoms with Crippen LogP contribution in [0.1, 0.15) is 6.42 Å². The van der Waals surface area contributed by atoms with Crippen molar-refractivity contribution in [1.82, 2.24) is 0 Å². The van der Waals surface area contributed by atoms with Crippen molar-refractivity contribution in [3.63, 3.8) is 0 Å². The first-order chi connectivity index (χ1) is 10.8. The zero-order valence-electron chi connectivity index (χ0n) is 11.8. The molecule has 3 rings (SSSR count). The first kappa shape index (κ1) is 16.6. The molecule has 1 N–H and O–H groups in total. The SMILES string of the molecule is O=S(=O)(Nc1cc(N2CCCS2(=O)=O)ccc1Cl)c1cccs1. The number of hydrogen-bond acceptors (Lipinski definition) is 5. The maximum atomic E-state index is 12.3. The molecule has 23 heavy (non-hydrogen) atoms. The number of benzene rings is 1. The molecule has 1 aromatic heterocycles. The molecule has 1 aliphatic heterocycles. The van der Waals surface area contributed by atoms with Gasteiger partial charge in [-0.3, -0.25) is 9.03 Å². The average molecular weight is 393 g/mol. The Bertz CT molecular complexity index is 924. The second kappa shape index (κ2) is 5.97. The largest absolute Gasteiger partial charge is 0.277 e. The van der Waals surface area contributed by atoms with E-state index in [1.54, 1.807) is 17.5 Å². The number of halogens is 1. The van der Waals surface area contributed by atoms with E-state index in [1.165, 1.54) is 22.5 Å². The third-order valence-corrected chi connectivity index (χ3v) is 8.30. The highest BCUT2D eigenvalue weighted by atomic mass is 35.5. The zero-order chi connectivity index (χ0) is 16.7. The summed E-state index contributed by atoms with van der Waals surface area (Å²) in [4.78, 5) is 0. The summed E-state index contributed by atoms with van der Waals surface area (Å²) >= 11 is 7.13. The lowest BCUT2D eigenvalue weighted by atomic mass is 10.3. The normalized spacial score (nSPS) is 17.3. The van der Waals surface area contributed by atoms with Crippen LogP contribution in [-0.4, -0.2) is 29.1 Å². The number of hydrogen-bond donors (Lipinski definition) is 1. The van der Waals surface area contributed by atoms with Gasteiger partial charge in [-0.1, -0.05) is 17.7 Å². The van der Waals surface area contributed by atoms with Crippen LogP contribution in [-0.2, 0) is 20.0 Å². The van der Waals surface area contributed by atoms with Gasteiger partial charge in [0.15, 0.2) is 0 Å². The molecule has 6 nitrogen and oxygen atoms in total. The quantitative estimate of drug-likeness (QED) is 0.867. The van der Waals surface area contributed by atoms with Gasteiger partial charge in [0.2, 0.25) is 10.0 Å². The van der Waals surface area contributed by atoms with Crippen LogP contribution in [0.5, 0.6) is 0 Å². The molecule has 0 amide bonds. The Hall–Kier alpha value is -1.29. The molecule has 1 fully saturated rings. The van der Waals surface area contributed by atoms with E-state index >= 15 is 0 Å². The number of nitrogens with one attached hydrogen (secondary N) is 1. The maximum Gasteiger partial charge on any atom is 0.271 e. The molecule has 1 aromatic carbocycles. The number of rotatable bonds is 4. The number of sulfonamides is 2. The lowest BCUT2D eigenvalue weighted by Crippen LogP contribution is -2.25. The Morgan fingerprint density at radius 3 is 2.65 bits per heavy atom. The summed E-state index contributed by atoms with van der Waals surface area (Å²) in [6.45, 7) is 0.376.